The van der Waals surface area contributed by atoms with E-state index < -0.39 is 0 Å². The summed E-state index contributed by atoms with van der Waals surface area (Å²) < 4.78 is 0. The van der Waals surface area contributed by atoms with E-state index in [2.05, 4.69) is 76.4 Å². The Hall–Kier alpha value is -2.39. The Morgan fingerprint density at radius 2 is 1.61 bits per heavy atom. The van der Waals surface area contributed by atoms with Crippen LogP contribution in [-0.4, -0.2) is 43.1 Å². The number of hydrogen-bond acceptors (Lipinski definition) is 3. The normalized spacial score (nSPS) is 16.0. The number of pyridine rings is 1. The van der Waals surface area contributed by atoms with E-state index in [-0.39, 0.29) is 0 Å². The van der Waals surface area contributed by atoms with Crippen LogP contribution in [0.2, 0.25) is 0 Å². The molecule has 2 heterocycles. The maximum atomic E-state index is 4.65. The lowest BCUT2D eigenvalue weighted by Gasteiger charge is -2.34. The predicted molar refractivity (Wildman–Crippen MR) is 96.9 cm³/mol. The minimum absolute atomic E-state index is 1.04. The van der Waals surface area contributed by atoms with E-state index >= 15 is 0 Å². The number of benzene rings is 2. The van der Waals surface area contributed by atoms with E-state index in [4.69, 9.17) is 0 Å². The quantitative estimate of drug-likeness (QED) is 0.720. The predicted octanol–water partition coefficient (Wildman–Crippen LogP) is 3.65. The molecule has 0 spiro atoms. The van der Waals surface area contributed by atoms with E-state index in [1.165, 1.54) is 22.0 Å². The summed E-state index contributed by atoms with van der Waals surface area (Å²) in [7, 11) is 2.19. The van der Waals surface area contributed by atoms with E-state index in [0.717, 1.165) is 31.9 Å². The van der Waals surface area contributed by atoms with E-state index in [1.807, 2.05) is 6.20 Å². The van der Waals surface area contributed by atoms with Crippen molar-refractivity contribution in [3.8, 4) is 11.3 Å². The highest BCUT2D eigenvalue weighted by Gasteiger charge is 2.14. The van der Waals surface area contributed by atoms with Crippen LogP contribution in [0.15, 0.2) is 60.8 Å². The average Bonchev–Trinajstić information content (AvgIpc) is 2.62. The van der Waals surface area contributed by atoms with Crippen LogP contribution in [0.5, 0.6) is 0 Å². The van der Waals surface area contributed by atoms with Crippen LogP contribution in [0.3, 0.4) is 0 Å². The molecule has 4 rings (SSSR count). The fourth-order valence-electron chi connectivity index (χ4n) is 3.17. The molecule has 1 aromatic heterocycles. The Labute approximate surface area is 137 Å². The van der Waals surface area contributed by atoms with Crippen LogP contribution < -0.4 is 4.90 Å². The molecule has 0 atom stereocenters. The van der Waals surface area contributed by atoms with Crippen molar-refractivity contribution < 1.29 is 0 Å². The number of nitrogens with zero attached hydrogens (tertiary/aromatic N) is 3. The minimum atomic E-state index is 1.04. The summed E-state index contributed by atoms with van der Waals surface area (Å²) in [6, 6.07) is 19.3. The molecule has 1 aliphatic heterocycles. The first kappa shape index (κ1) is 14.2. The zero-order valence-corrected chi connectivity index (χ0v) is 13.4. The van der Waals surface area contributed by atoms with Gasteiger partial charge in [0.25, 0.3) is 0 Å². The van der Waals surface area contributed by atoms with Crippen molar-refractivity contribution in [1.82, 2.24) is 9.88 Å². The Bertz CT molecular complexity index is 820. The van der Waals surface area contributed by atoms with Gasteiger partial charge in [-0.05, 0) is 30.6 Å². The number of piperazine rings is 1. The summed E-state index contributed by atoms with van der Waals surface area (Å²) in [5.74, 6) is 0. The van der Waals surface area contributed by atoms with Crippen molar-refractivity contribution in [1.29, 1.82) is 0 Å². The molecule has 3 heteroatoms. The summed E-state index contributed by atoms with van der Waals surface area (Å²) in [4.78, 5) is 9.49. The Morgan fingerprint density at radius 1 is 0.826 bits per heavy atom. The molecule has 3 aromatic rings. The molecule has 0 bridgehead atoms. The summed E-state index contributed by atoms with van der Waals surface area (Å²) in [5.41, 5.74) is 3.53. The highest BCUT2D eigenvalue weighted by atomic mass is 15.2. The van der Waals surface area contributed by atoms with Gasteiger partial charge in [0, 0.05) is 49.0 Å². The molecule has 23 heavy (non-hydrogen) atoms. The molecule has 0 amide bonds. The summed E-state index contributed by atoms with van der Waals surface area (Å²) in [6.07, 6.45) is 1.97. The average molecular weight is 303 g/mol. The highest BCUT2D eigenvalue weighted by molar-refractivity contribution is 5.85. The number of fused-ring (bicyclic) bond motifs is 1. The number of anilines is 1. The SMILES string of the molecule is CN1CCN(c2cccc(-c3cc4ccccc4cn3)c2)CC1. The molecule has 0 radical (unpaired) electrons. The highest BCUT2D eigenvalue weighted by Crippen LogP contribution is 2.26. The van der Waals surface area contributed by atoms with Crippen molar-refractivity contribution in [2.45, 2.75) is 0 Å². The first-order chi connectivity index (χ1) is 11.3. The lowest BCUT2D eigenvalue weighted by atomic mass is 10.1. The van der Waals surface area contributed by atoms with Crippen molar-refractivity contribution >= 4 is 16.5 Å². The Kier molecular flexibility index (Phi) is 3.72. The van der Waals surface area contributed by atoms with E-state index in [1.54, 1.807) is 0 Å². The minimum Gasteiger partial charge on any atom is -0.369 e. The van der Waals surface area contributed by atoms with Gasteiger partial charge in [0.1, 0.15) is 0 Å². The van der Waals surface area contributed by atoms with Crippen LogP contribution in [0.4, 0.5) is 5.69 Å². The molecule has 3 nitrogen and oxygen atoms in total. The summed E-state index contributed by atoms with van der Waals surface area (Å²) >= 11 is 0. The van der Waals surface area contributed by atoms with Crippen molar-refractivity contribution in [3.05, 3.63) is 60.8 Å². The molecule has 1 aliphatic rings. The van der Waals surface area contributed by atoms with Gasteiger partial charge in [-0.25, -0.2) is 0 Å². The summed E-state index contributed by atoms with van der Waals surface area (Å²) in [6.45, 7) is 4.42. The molecular weight excluding hydrogens is 282 g/mol. The second-order valence-electron chi connectivity index (χ2n) is 6.26. The number of aromatic nitrogens is 1. The lowest BCUT2D eigenvalue weighted by Crippen LogP contribution is -2.44. The Balaban J connectivity index is 1.67. The van der Waals surface area contributed by atoms with E-state index in [0.29, 0.717) is 0 Å². The second kappa shape index (κ2) is 6.01. The molecule has 0 unspecified atom stereocenters. The Morgan fingerprint density at radius 3 is 2.43 bits per heavy atom. The zero-order valence-electron chi connectivity index (χ0n) is 13.4. The fraction of sp³-hybridized carbons (Fsp3) is 0.250. The van der Waals surface area contributed by atoms with Gasteiger partial charge in [-0.3, -0.25) is 4.98 Å². The third-order valence-corrected chi connectivity index (χ3v) is 4.64. The van der Waals surface area contributed by atoms with Gasteiger partial charge in [0.05, 0.1) is 5.69 Å². The summed E-state index contributed by atoms with van der Waals surface area (Å²) in [5, 5.41) is 2.42. The van der Waals surface area contributed by atoms with Gasteiger partial charge >= 0.3 is 0 Å². The molecule has 0 saturated carbocycles. The first-order valence-corrected chi connectivity index (χ1v) is 8.18. The van der Waals surface area contributed by atoms with Crippen molar-refractivity contribution in [2.75, 3.05) is 38.1 Å². The smallest absolute Gasteiger partial charge is 0.0709 e. The molecule has 0 aliphatic carbocycles. The zero-order chi connectivity index (χ0) is 15.6. The van der Waals surface area contributed by atoms with Gasteiger partial charge in [0.2, 0.25) is 0 Å². The monoisotopic (exact) mass is 303 g/mol. The maximum absolute atomic E-state index is 4.65. The topological polar surface area (TPSA) is 19.4 Å². The van der Waals surface area contributed by atoms with Gasteiger partial charge in [-0.15, -0.1) is 0 Å². The van der Waals surface area contributed by atoms with Crippen LogP contribution in [-0.2, 0) is 0 Å². The van der Waals surface area contributed by atoms with Gasteiger partial charge in [-0.2, -0.15) is 0 Å². The van der Waals surface area contributed by atoms with Crippen molar-refractivity contribution in [3.63, 3.8) is 0 Å². The largest absolute Gasteiger partial charge is 0.369 e. The molecule has 116 valence electrons. The molecule has 2 aromatic carbocycles. The molecule has 1 fully saturated rings. The number of likely N-dealkylation sites (N-methyl/N-ethyl adjacent to an activating group) is 1. The first-order valence-electron chi connectivity index (χ1n) is 8.18. The third-order valence-electron chi connectivity index (χ3n) is 4.64. The van der Waals surface area contributed by atoms with Crippen LogP contribution >= 0.6 is 0 Å². The van der Waals surface area contributed by atoms with Gasteiger partial charge < -0.3 is 9.80 Å². The lowest BCUT2D eigenvalue weighted by molar-refractivity contribution is 0.313. The third kappa shape index (κ3) is 2.92. The van der Waals surface area contributed by atoms with Crippen LogP contribution in [0.1, 0.15) is 0 Å². The molecular formula is C20H21N3. The fourth-order valence-corrected chi connectivity index (χ4v) is 3.17. The standard InChI is InChI=1S/C20H21N3/c1-22-9-11-23(12-10-22)19-8-4-7-17(13-19)20-14-16-5-2-3-6-18(16)15-21-20/h2-8,13-15H,9-12H2,1H3. The van der Waals surface area contributed by atoms with Crippen LogP contribution in [0, 0.1) is 0 Å². The van der Waals surface area contributed by atoms with Crippen LogP contribution in [0.25, 0.3) is 22.0 Å². The van der Waals surface area contributed by atoms with Crippen molar-refractivity contribution in [2.24, 2.45) is 0 Å². The number of rotatable bonds is 2. The second-order valence-corrected chi connectivity index (χ2v) is 6.26. The molecule has 1 saturated heterocycles. The molecule has 0 N–H and O–H groups in total. The van der Waals surface area contributed by atoms with Gasteiger partial charge in [0.15, 0.2) is 0 Å². The number of hydrogen-bond donors (Lipinski definition) is 0. The van der Waals surface area contributed by atoms with Gasteiger partial charge in [-0.1, -0.05) is 36.4 Å². The van der Waals surface area contributed by atoms with E-state index in [9.17, 15) is 0 Å². The maximum Gasteiger partial charge on any atom is 0.0709 e.